The molecule has 0 atom stereocenters. The first kappa shape index (κ1) is 11.5. The average Bonchev–Trinajstić information content (AvgIpc) is 2.13. The highest BCUT2D eigenvalue weighted by atomic mass is 32.2. The van der Waals surface area contributed by atoms with Crippen molar-refractivity contribution in [1.82, 2.24) is 0 Å². The third-order valence-electron chi connectivity index (χ3n) is 2.31. The highest BCUT2D eigenvalue weighted by Crippen LogP contribution is 2.35. The molecule has 6 nitrogen and oxygen atoms in total. The second kappa shape index (κ2) is 3.51. The van der Waals surface area contributed by atoms with Gasteiger partial charge in [0.1, 0.15) is 11.5 Å². The summed E-state index contributed by atoms with van der Waals surface area (Å²) >= 11 is 0. The van der Waals surface area contributed by atoms with Crippen molar-refractivity contribution in [3.63, 3.8) is 0 Å². The predicted octanol–water partition coefficient (Wildman–Crippen LogP) is 1.08. The molecule has 0 aliphatic heterocycles. The molecule has 90 valence electrons. The van der Waals surface area contributed by atoms with E-state index in [4.69, 9.17) is 10.3 Å². The van der Waals surface area contributed by atoms with Crippen molar-refractivity contribution in [2.45, 2.75) is 4.90 Å². The van der Waals surface area contributed by atoms with E-state index in [2.05, 4.69) is 0 Å². The first-order valence-corrected chi connectivity index (χ1v) is 5.96. The number of benzene rings is 2. The smallest absolute Gasteiger partial charge is 0.294 e. The summed E-state index contributed by atoms with van der Waals surface area (Å²) in [5, 5.41) is 19.3. The van der Waals surface area contributed by atoms with Crippen LogP contribution in [0.25, 0.3) is 10.8 Å². The summed E-state index contributed by atoms with van der Waals surface area (Å²) in [7, 11) is -4.39. The fourth-order valence-electron chi connectivity index (χ4n) is 1.63. The summed E-state index contributed by atoms with van der Waals surface area (Å²) in [6.07, 6.45) is 0. The normalized spacial score (nSPS) is 11.8. The number of nitrogens with two attached hydrogens (primary N) is 1. The van der Waals surface area contributed by atoms with Gasteiger partial charge in [0.2, 0.25) is 0 Å². The molecule has 0 aliphatic rings. The minimum Gasteiger partial charge on any atom is -0.508 e. The summed E-state index contributed by atoms with van der Waals surface area (Å²) in [4.78, 5) is -0.396. The molecule has 0 heterocycles. The summed E-state index contributed by atoms with van der Waals surface area (Å²) < 4.78 is 30.9. The van der Waals surface area contributed by atoms with E-state index in [9.17, 15) is 18.6 Å². The summed E-state index contributed by atoms with van der Waals surface area (Å²) in [5.74, 6) is -0.499. The highest BCUT2D eigenvalue weighted by molar-refractivity contribution is 7.85. The second-order valence-corrected chi connectivity index (χ2v) is 4.97. The zero-order chi connectivity index (χ0) is 12.8. The van der Waals surface area contributed by atoms with E-state index in [0.717, 1.165) is 18.2 Å². The molecule has 0 bridgehead atoms. The maximum atomic E-state index is 11.0. The lowest BCUT2D eigenvalue weighted by molar-refractivity contribution is 0.455. The van der Waals surface area contributed by atoms with Crippen LogP contribution in [0.15, 0.2) is 29.2 Å². The molecule has 0 unspecified atom stereocenters. The molecular formula is C10H9NO5S. The predicted molar refractivity (Wildman–Crippen MR) is 61.5 cm³/mol. The lowest BCUT2D eigenvalue weighted by Gasteiger charge is -2.07. The number of nitrogen functional groups attached to an aromatic ring is 1. The quantitative estimate of drug-likeness (QED) is 0.447. The number of hydrogen-bond donors (Lipinski definition) is 4. The van der Waals surface area contributed by atoms with E-state index in [1.165, 1.54) is 6.07 Å². The fourth-order valence-corrected chi connectivity index (χ4v) is 2.18. The van der Waals surface area contributed by atoms with Gasteiger partial charge in [-0.15, -0.1) is 0 Å². The zero-order valence-electron chi connectivity index (χ0n) is 8.45. The summed E-state index contributed by atoms with van der Waals surface area (Å²) in [5.41, 5.74) is 5.58. The van der Waals surface area contributed by atoms with Gasteiger partial charge in [-0.05, 0) is 23.6 Å². The maximum Gasteiger partial charge on any atom is 0.294 e. The largest absolute Gasteiger partial charge is 0.508 e. The van der Waals surface area contributed by atoms with Gasteiger partial charge >= 0.3 is 0 Å². The third kappa shape index (κ3) is 1.97. The van der Waals surface area contributed by atoms with Gasteiger partial charge in [0, 0.05) is 17.1 Å². The number of aromatic hydroxyl groups is 2. The Morgan fingerprint density at radius 2 is 1.71 bits per heavy atom. The monoisotopic (exact) mass is 255 g/mol. The molecule has 2 aromatic rings. The Balaban J connectivity index is 2.92. The van der Waals surface area contributed by atoms with E-state index in [0.29, 0.717) is 0 Å². The molecule has 7 heteroatoms. The van der Waals surface area contributed by atoms with Crippen LogP contribution in [0.3, 0.4) is 0 Å². The average molecular weight is 255 g/mol. The lowest BCUT2D eigenvalue weighted by atomic mass is 10.1. The number of hydrogen-bond acceptors (Lipinski definition) is 5. The zero-order valence-corrected chi connectivity index (χ0v) is 9.27. The topological polar surface area (TPSA) is 121 Å². The van der Waals surface area contributed by atoms with Crippen LogP contribution >= 0.6 is 0 Å². The van der Waals surface area contributed by atoms with Crippen LogP contribution in [0.1, 0.15) is 0 Å². The molecule has 2 rings (SSSR count). The summed E-state index contributed by atoms with van der Waals surface area (Å²) in [6, 6.07) is 4.47. The molecule has 0 aromatic heterocycles. The number of phenols is 2. The third-order valence-corrected chi connectivity index (χ3v) is 3.15. The number of rotatable bonds is 1. The molecule has 0 amide bonds. The minimum atomic E-state index is -4.39. The SMILES string of the molecule is Nc1cc(S(=O)(=O)O)cc2cc(O)cc(O)c12. The van der Waals surface area contributed by atoms with E-state index >= 15 is 0 Å². The molecule has 17 heavy (non-hydrogen) atoms. The van der Waals surface area contributed by atoms with Crippen LogP contribution in [0.4, 0.5) is 5.69 Å². The van der Waals surface area contributed by atoms with Crippen LogP contribution in [0, 0.1) is 0 Å². The summed E-state index contributed by atoms with van der Waals surface area (Å²) in [6.45, 7) is 0. The van der Waals surface area contributed by atoms with Crippen LogP contribution in [0.2, 0.25) is 0 Å². The second-order valence-electron chi connectivity index (χ2n) is 3.55. The van der Waals surface area contributed by atoms with Crippen molar-refractivity contribution in [3.05, 3.63) is 24.3 Å². The number of anilines is 1. The lowest BCUT2D eigenvalue weighted by Crippen LogP contribution is -2.00. The van der Waals surface area contributed by atoms with Crippen molar-refractivity contribution in [2.24, 2.45) is 0 Å². The molecule has 5 N–H and O–H groups in total. The molecule has 0 fully saturated rings. The van der Waals surface area contributed by atoms with Crippen molar-refractivity contribution in [1.29, 1.82) is 0 Å². The van der Waals surface area contributed by atoms with Crippen LogP contribution < -0.4 is 5.73 Å². The molecular weight excluding hydrogens is 246 g/mol. The van der Waals surface area contributed by atoms with Crippen LogP contribution in [-0.2, 0) is 10.1 Å². The molecule has 0 radical (unpaired) electrons. The Bertz CT molecular complexity index is 708. The van der Waals surface area contributed by atoms with Crippen molar-refractivity contribution in [3.8, 4) is 11.5 Å². The van der Waals surface area contributed by atoms with Gasteiger partial charge in [-0.3, -0.25) is 4.55 Å². The van der Waals surface area contributed by atoms with E-state index in [1.807, 2.05) is 0 Å². The number of fused-ring (bicyclic) bond motifs is 1. The Hall–Kier alpha value is -1.99. The van der Waals surface area contributed by atoms with E-state index in [1.54, 1.807) is 0 Å². The Morgan fingerprint density at radius 1 is 1.06 bits per heavy atom. The Labute approximate surface area is 96.7 Å². The van der Waals surface area contributed by atoms with Crippen molar-refractivity contribution < 1.29 is 23.2 Å². The van der Waals surface area contributed by atoms with E-state index < -0.39 is 15.0 Å². The fraction of sp³-hybridized carbons (Fsp3) is 0. The van der Waals surface area contributed by atoms with Crippen LogP contribution in [0.5, 0.6) is 11.5 Å². The first-order chi connectivity index (χ1) is 7.79. The highest BCUT2D eigenvalue weighted by Gasteiger charge is 2.14. The van der Waals surface area contributed by atoms with Gasteiger partial charge in [0.25, 0.3) is 10.1 Å². The van der Waals surface area contributed by atoms with Gasteiger partial charge < -0.3 is 15.9 Å². The van der Waals surface area contributed by atoms with Gasteiger partial charge in [-0.25, -0.2) is 0 Å². The molecule has 0 spiro atoms. The minimum absolute atomic E-state index is 0.00683. The molecule has 0 saturated heterocycles. The maximum absolute atomic E-state index is 11.0. The van der Waals surface area contributed by atoms with Gasteiger partial charge in [0.15, 0.2) is 0 Å². The van der Waals surface area contributed by atoms with Gasteiger partial charge in [-0.2, -0.15) is 8.42 Å². The van der Waals surface area contributed by atoms with E-state index in [-0.39, 0.29) is 28.0 Å². The standard InChI is InChI=1S/C10H9NO5S/c11-8-4-7(17(14,15)16)2-5-1-6(12)3-9(13)10(5)8/h1-4,12-13H,11H2,(H,14,15,16). The van der Waals surface area contributed by atoms with Gasteiger partial charge in [0.05, 0.1) is 4.90 Å². The number of phenolic OH excluding ortho intramolecular Hbond substituents is 2. The molecule has 0 saturated carbocycles. The van der Waals surface area contributed by atoms with Crippen molar-refractivity contribution >= 4 is 26.6 Å². The Kier molecular flexibility index (Phi) is 2.37. The van der Waals surface area contributed by atoms with Crippen LogP contribution in [-0.4, -0.2) is 23.2 Å². The van der Waals surface area contributed by atoms with Crippen molar-refractivity contribution in [2.75, 3.05) is 5.73 Å². The molecule has 2 aromatic carbocycles. The Morgan fingerprint density at radius 3 is 2.29 bits per heavy atom. The van der Waals surface area contributed by atoms with Gasteiger partial charge in [-0.1, -0.05) is 0 Å². The first-order valence-electron chi connectivity index (χ1n) is 4.52. The molecule has 0 aliphatic carbocycles.